The van der Waals surface area contributed by atoms with E-state index < -0.39 is 0 Å². The summed E-state index contributed by atoms with van der Waals surface area (Å²) < 4.78 is 5.78. The summed E-state index contributed by atoms with van der Waals surface area (Å²) in [7, 11) is 0. The zero-order chi connectivity index (χ0) is 11.4. The summed E-state index contributed by atoms with van der Waals surface area (Å²) in [6.07, 6.45) is 0. The Morgan fingerprint density at radius 1 is 1.62 bits per heavy atom. The van der Waals surface area contributed by atoms with Gasteiger partial charge in [0, 0.05) is 31.1 Å². The predicted octanol–water partition coefficient (Wildman–Crippen LogP) is 0.920. The Kier molecular flexibility index (Phi) is 3.91. The number of thiazole rings is 1. The molecule has 1 aliphatic rings. The van der Waals surface area contributed by atoms with Crippen LogP contribution in [0.5, 0.6) is 0 Å². The highest BCUT2D eigenvalue weighted by molar-refractivity contribution is 7.09. The molecule has 90 valence electrons. The summed E-state index contributed by atoms with van der Waals surface area (Å²) in [4.78, 5) is 5.53. The SMILES string of the molecule is Cc1ncsc1CNCCOC1(C)CNC1. The van der Waals surface area contributed by atoms with Crippen molar-refractivity contribution in [3.8, 4) is 0 Å². The van der Waals surface area contributed by atoms with E-state index in [0.717, 1.165) is 38.5 Å². The maximum Gasteiger partial charge on any atom is 0.0902 e. The van der Waals surface area contributed by atoms with E-state index in [1.807, 2.05) is 12.4 Å². The molecule has 2 rings (SSSR count). The maximum absolute atomic E-state index is 5.78. The highest BCUT2D eigenvalue weighted by Gasteiger charge is 2.31. The summed E-state index contributed by atoms with van der Waals surface area (Å²) in [5.41, 5.74) is 3.10. The van der Waals surface area contributed by atoms with Crippen molar-refractivity contribution in [2.75, 3.05) is 26.2 Å². The first-order chi connectivity index (χ1) is 7.70. The second kappa shape index (κ2) is 5.23. The first-order valence-corrected chi connectivity index (χ1v) is 6.52. The van der Waals surface area contributed by atoms with Crippen LogP contribution >= 0.6 is 11.3 Å². The number of rotatable bonds is 6. The number of aromatic nitrogens is 1. The van der Waals surface area contributed by atoms with Crippen molar-refractivity contribution in [1.82, 2.24) is 15.6 Å². The zero-order valence-corrected chi connectivity index (χ0v) is 10.7. The van der Waals surface area contributed by atoms with Crippen LogP contribution in [0.3, 0.4) is 0 Å². The van der Waals surface area contributed by atoms with Gasteiger partial charge in [-0.15, -0.1) is 11.3 Å². The largest absolute Gasteiger partial charge is 0.371 e. The average molecular weight is 241 g/mol. The van der Waals surface area contributed by atoms with Crippen molar-refractivity contribution in [2.45, 2.75) is 26.0 Å². The number of aryl methyl sites for hydroxylation is 1. The van der Waals surface area contributed by atoms with Crippen LogP contribution < -0.4 is 10.6 Å². The second-order valence-electron chi connectivity index (χ2n) is 4.44. The van der Waals surface area contributed by atoms with Gasteiger partial charge in [-0.25, -0.2) is 4.98 Å². The summed E-state index contributed by atoms with van der Waals surface area (Å²) in [6.45, 7) is 8.71. The van der Waals surface area contributed by atoms with Gasteiger partial charge in [0.05, 0.1) is 23.4 Å². The van der Waals surface area contributed by atoms with Gasteiger partial charge >= 0.3 is 0 Å². The molecule has 1 aromatic rings. The van der Waals surface area contributed by atoms with E-state index >= 15 is 0 Å². The van der Waals surface area contributed by atoms with Crippen LogP contribution in [0.15, 0.2) is 5.51 Å². The summed E-state index contributed by atoms with van der Waals surface area (Å²) in [6, 6.07) is 0. The fraction of sp³-hybridized carbons (Fsp3) is 0.727. The molecule has 1 fully saturated rings. The fourth-order valence-corrected chi connectivity index (χ4v) is 2.39. The van der Waals surface area contributed by atoms with Crippen molar-refractivity contribution in [1.29, 1.82) is 0 Å². The lowest BCUT2D eigenvalue weighted by molar-refractivity contribution is -0.0648. The Hall–Kier alpha value is -0.490. The molecule has 2 N–H and O–H groups in total. The van der Waals surface area contributed by atoms with E-state index in [0.29, 0.717) is 0 Å². The van der Waals surface area contributed by atoms with Gasteiger partial charge in [-0.1, -0.05) is 0 Å². The zero-order valence-electron chi connectivity index (χ0n) is 9.88. The van der Waals surface area contributed by atoms with E-state index in [1.54, 1.807) is 11.3 Å². The Balaban J connectivity index is 1.57. The molecular formula is C11H19N3OS. The Morgan fingerprint density at radius 2 is 2.44 bits per heavy atom. The summed E-state index contributed by atoms with van der Waals surface area (Å²) >= 11 is 1.70. The average Bonchev–Trinajstić information content (AvgIpc) is 2.61. The minimum Gasteiger partial charge on any atom is -0.371 e. The maximum atomic E-state index is 5.78. The van der Waals surface area contributed by atoms with Gasteiger partial charge in [-0.05, 0) is 13.8 Å². The summed E-state index contributed by atoms with van der Waals surface area (Å²) in [5, 5.41) is 6.59. The molecule has 16 heavy (non-hydrogen) atoms. The smallest absolute Gasteiger partial charge is 0.0902 e. The lowest BCUT2D eigenvalue weighted by Crippen LogP contribution is -2.59. The standard InChI is InChI=1S/C11H19N3OS/c1-9-10(16-8-14-9)5-12-3-4-15-11(2)6-13-7-11/h8,12-13H,3-7H2,1-2H3. The topological polar surface area (TPSA) is 46.2 Å². The third kappa shape index (κ3) is 3.01. The Labute approximate surface area is 100 Å². The van der Waals surface area contributed by atoms with Crippen LogP contribution in [-0.4, -0.2) is 36.8 Å². The third-order valence-corrected chi connectivity index (χ3v) is 3.79. The van der Waals surface area contributed by atoms with Gasteiger partial charge in [0.2, 0.25) is 0 Å². The van der Waals surface area contributed by atoms with Gasteiger partial charge in [0.15, 0.2) is 0 Å². The van der Waals surface area contributed by atoms with E-state index in [2.05, 4.69) is 22.5 Å². The quantitative estimate of drug-likeness (QED) is 0.727. The summed E-state index contributed by atoms with van der Waals surface area (Å²) in [5.74, 6) is 0. The van der Waals surface area contributed by atoms with Crippen molar-refractivity contribution >= 4 is 11.3 Å². The second-order valence-corrected chi connectivity index (χ2v) is 5.38. The molecule has 1 aliphatic heterocycles. The van der Waals surface area contributed by atoms with Gasteiger partial charge in [-0.3, -0.25) is 0 Å². The monoisotopic (exact) mass is 241 g/mol. The van der Waals surface area contributed by atoms with E-state index in [-0.39, 0.29) is 5.60 Å². The molecule has 0 spiro atoms. The molecule has 2 heterocycles. The van der Waals surface area contributed by atoms with Crippen LogP contribution in [-0.2, 0) is 11.3 Å². The lowest BCUT2D eigenvalue weighted by atomic mass is 10.0. The first-order valence-electron chi connectivity index (χ1n) is 5.64. The van der Waals surface area contributed by atoms with Crippen LogP contribution in [0.4, 0.5) is 0 Å². The molecule has 0 radical (unpaired) electrons. The molecule has 0 saturated carbocycles. The number of ether oxygens (including phenoxy) is 1. The third-order valence-electron chi connectivity index (χ3n) is 2.86. The first kappa shape index (κ1) is 12.0. The van der Waals surface area contributed by atoms with E-state index in [9.17, 15) is 0 Å². The molecule has 0 unspecified atom stereocenters. The normalized spacial score (nSPS) is 18.4. The lowest BCUT2D eigenvalue weighted by Gasteiger charge is -2.39. The van der Waals surface area contributed by atoms with E-state index in [4.69, 9.17) is 4.74 Å². The van der Waals surface area contributed by atoms with Crippen molar-refractivity contribution in [2.24, 2.45) is 0 Å². The molecule has 4 nitrogen and oxygen atoms in total. The van der Waals surface area contributed by atoms with Crippen molar-refractivity contribution in [3.05, 3.63) is 16.1 Å². The van der Waals surface area contributed by atoms with Crippen LogP contribution in [0.2, 0.25) is 0 Å². The van der Waals surface area contributed by atoms with Crippen LogP contribution in [0, 0.1) is 6.92 Å². The van der Waals surface area contributed by atoms with E-state index in [1.165, 1.54) is 4.88 Å². The minimum absolute atomic E-state index is 0.0715. The number of nitrogens with zero attached hydrogens (tertiary/aromatic N) is 1. The molecule has 0 aliphatic carbocycles. The molecule has 0 atom stereocenters. The molecule has 5 heteroatoms. The molecular weight excluding hydrogens is 222 g/mol. The van der Waals surface area contributed by atoms with Gasteiger partial charge in [0.1, 0.15) is 0 Å². The molecule has 1 aromatic heterocycles. The highest BCUT2D eigenvalue weighted by Crippen LogP contribution is 2.14. The van der Waals surface area contributed by atoms with Gasteiger partial charge in [0.25, 0.3) is 0 Å². The number of hydrogen-bond donors (Lipinski definition) is 2. The molecule has 0 amide bonds. The van der Waals surface area contributed by atoms with Crippen molar-refractivity contribution < 1.29 is 4.74 Å². The van der Waals surface area contributed by atoms with Crippen molar-refractivity contribution in [3.63, 3.8) is 0 Å². The van der Waals surface area contributed by atoms with Gasteiger partial charge < -0.3 is 15.4 Å². The highest BCUT2D eigenvalue weighted by atomic mass is 32.1. The molecule has 0 aromatic carbocycles. The Bertz CT molecular complexity index is 336. The Morgan fingerprint density at radius 3 is 3.00 bits per heavy atom. The molecule has 0 bridgehead atoms. The van der Waals surface area contributed by atoms with Crippen LogP contribution in [0.25, 0.3) is 0 Å². The fourth-order valence-electron chi connectivity index (χ4n) is 1.65. The minimum atomic E-state index is 0.0715. The van der Waals surface area contributed by atoms with Crippen LogP contribution in [0.1, 0.15) is 17.5 Å². The number of hydrogen-bond acceptors (Lipinski definition) is 5. The van der Waals surface area contributed by atoms with Gasteiger partial charge in [-0.2, -0.15) is 0 Å². The number of nitrogens with one attached hydrogen (secondary N) is 2. The predicted molar refractivity (Wildman–Crippen MR) is 65.8 cm³/mol. The molecule has 1 saturated heterocycles.